The molecule has 9 nitrogen and oxygen atoms in total. The van der Waals surface area contributed by atoms with Crippen molar-refractivity contribution in [2.75, 3.05) is 11.1 Å². The van der Waals surface area contributed by atoms with Crippen LogP contribution in [0.4, 0.5) is 5.82 Å². The molecular weight excluding hydrogens is 382 g/mol. The van der Waals surface area contributed by atoms with E-state index in [1.165, 1.54) is 10.6 Å². The molecule has 0 saturated heterocycles. The minimum atomic E-state index is -0.572. The highest BCUT2D eigenvalue weighted by Crippen LogP contribution is 2.22. The van der Waals surface area contributed by atoms with Gasteiger partial charge in [0, 0.05) is 18.2 Å². The summed E-state index contributed by atoms with van der Waals surface area (Å²) in [7, 11) is 0. The standard InChI is InChI=1S/C18H19N5O4S/c1-11(2)9-23-13(8-14(24)20-17(23)26)19-15(25)10-28-18-22-21-16(27-18)12-6-4-3-5-7-12/h3-8,11H,9-10H2,1-2H3,(H,19,25)(H,20,24,26). The summed E-state index contributed by atoms with van der Waals surface area (Å²) in [5.41, 5.74) is -0.349. The minimum Gasteiger partial charge on any atom is -0.411 e. The molecule has 0 aliphatic rings. The summed E-state index contributed by atoms with van der Waals surface area (Å²) in [6.45, 7) is 4.22. The Balaban J connectivity index is 1.66. The predicted molar refractivity (Wildman–Crippen MR) is 105 cm³/mol. The number of nitrogens with one attached hydrogen (secondary N) is 2. The van der Waals surface area contributed by atoms with Gasteiger partial charge in [0.1, 0.15) is 5.82 Å². The zero-order valence-corrected chi connectivity index (χ0v) is 16.2. The highest BCUT2D eigenvalue weighted by Gasteiger charge is 2.14. The number of hydrogen-bond acceptors (Lipinski definition) is 7. The van der Waals surface area contributed by atoms with Gasteiger partial charge in [0.2, 0.25) is 11.8 Å². The van der Waals surface area contributed by atoms with E-state index in [-0.39, 0.29) is 22.7 Å². The molecule has 3 aromatic rings. The molecule has 1 aromatic carbocycles. The zero-order valence-electron chi connectivity index (χ0n) is 15.3. The van der Waals surface area contributed by atoms with Gasteiger partial charge in [-0.3, -0.25) is 19.1 Å². The van der Waals surface area contributed by atoms with Gasteiger partial charge in [-0.15, -0.1) is 10.2 Å². The van der Waals surface area contributed by atoms with Crippen molar-refractivity contribution in [3.8, 4) is 11.5 Å². The summed E-state index contributed by atoms with van der Waals surface area (Å²) < 4.78 is 6.86. The molecule has 0 unspecified atom stereocenters. The van der Waals surface area contributed by atoms with Crippen LogP contribution in [0.3, 0.4) is 0 Å². The van der Waals surface area contributed by atoms with Crippen LogP contribution >= 0.6 is 11.8 Å². The van der Waals surface area contributed by atoms with Gasteiger partial charge >= 0.3 is 5.69 Å². The number of nitrogens with zero attached hydrogens (tertiary/aromatic N) is 3. The van der Waals surface area contributed by atoms with E-state index in [2.05, 4.69) is 20.5 Å². The Morgan fingerprint density at radius 3 is 2.71 bits per heavy atom. The quantitative estimate of drug-likeness (QED) is 0.580. The molecule has 2 heterocycles. The van der Waals surface area contributed by atoms with E-state index in [9.17, 15) is 14.4 Å². The van der Waals surface area contributed by atoms with E-state index in [0.717, 1.165) is 17.3 Å². The third kappa shape index (κ3) is 4.97. The predicted octanol–water partition coefficient (Wildman–Crippen LogP) is 1.97. The molecule has 0 bridgehead atoms. The lowest BCUT2D eigenvalue weighted by atomic mass is 10.2. The maximum Gasteiger partial charge on any atom is 0.329 e. The number of carbonyl (C=O) groups is 1. The first-order valence-corrected chi connectivity index (χ1v) is 9.56. The number of thioether (sulfide) groups is 1. The number of anilines is 1. The van der Waals surface area contributed by atoms with E-state index in [0.29, 0.717) is 12.4 Å². The van der Waals surface area contributed by atoms with Crippen LogP contribution in [0.15, 0.2) is 55.6 Å². The fourth-order valence-electron chi connectivity index (χ4n) is 2.44. The average molecular weight is 401 g/mol. The van der Waals surface area contributed by atoms with Crippen molar-refractivity contribution in [2.24, 2.45) is 5.92 Å². The van der Waals surface area contributed by atoms with Crippen LogP contribution in [0.2, 0.25) is 0 Å². The molecule has 2 aromatic heterocycles. The Morgan fingerprint density at radius 2 is 2.00 bits per heavy atom. The van der Waals surface area contributed by atoms with Crippen molar-refractivity contribution in [3.05, 3.63) is 57.2 Å². The largest absolute Gasteiger partial charge is 0.411 e. The summed E-state index contributed by atoms with van der Waals surface area (Å²) in [5.74, 6) is 0.266. The first-order chi connectivity index (χ1) is 13.4. The van der Waals surface area contributed by atoms with Crippen LogP contribution in [-0.4, -0.2) is 31.4 Å². The Hall–Kier alpha value is -3.14. The van der Waals surface area contributed by atoms with Gasteiger partial charge in [0.15, 0.2) is 0 Å². The molecule has 146 valence electrons. The summed E-state index contributed by atoms with van der Waals surface area (Å²) in [4.78, 5) is 38.1. The van der Waals surface area contributed by atoms with E-state index >= 15 is 0 Å². The molecule has 28 heavy (non-hydrogen) atoms. The normalized spacial score (nSPS) is 11.0. The number of carbonyl (C=O) groups excluding carboxylic acids is 1. The van der Waals surface area contributed by atoms with E-state index < -0.39 is 17.2 Å². The molecule has 0 spiro atoms. The highest BCUT2D eigenvalue weighted by molar-refractivity contribution is 7.99. The van der Waals surface area contributed by atoms with Crippen molar-refractivity contribution in [2.45, 2.75) is 25.6 Å². The smallest absolute Gasteiger partial charge is 0.329 e. The van der Waals surface area contributed by atoms with Crippen LogP contribution < -0.4 is 16.6 Å². The van der Waals surface area contributed by atoms with Gasteiger partial charge in [0.05, 0.1) is 5.75 Å². The molecule has 10 heteroatoms. The van der Waals surface area contributed by atoms with Crippen LogP contribution in [0.5, 0.6) is 0 Å². The number of benzene rings is 1. The van der Waals surface area contributed by atoms with E-state index in [1.54, 1.807) is 0 Å². The number of hydrogen-bond donors (Lipinski definition) is 2. The van der Waals surface area contributed by atoms with Crippen molar-refractivity contribution < 1.29 is 9.21 Å². The number of rotatable bonds is 7. The molecule has 0 aliphatic carbocycles. The summed E-state index contributed by atoms with van der Waals surface area (Å²) in [6.07, 6.45) is 0. The maximum absolute atomic E-state index is 12.3. The first-order valence-electron chi connectivity index (χ1n) is 8.58. The first kappa shape index (κ1) is 19.6. The molecule has 0 radical (unpaired) electrons. The van der Waals surface area contributed by atoms with Gasteiger partial charge in [0.25, 0.3) is 10.8 Å². The number of aromatic nitrogens is 4. The average Bonchev–Trinajstić information content (AvgIpc) is 3.12. The summed E-state index contributed by atoms with van der Waals surface area (Å²) >= 11 is 1.07. The van der Waals surface area contributed by atoms with Crippen molar-refractivity contribution in [1.29, 1.82) is 0 Å². The molecule has 0 atom stereocenters. The van der Waals surface area contributed by atoms with Crippen molar-refractivity contribution >= 4 is 23.5 Å². The van der Waals surface area contributed by atoms with Crippen molar-refractivity contribution in [1.82, 2.24) is 19.7 Å². The van der Waals surface area contributed by atoms with E-state index in [4.69, 9.17) is 4.42 Å². The molecule has 3 rings (SSSR count). The van der Waals surface area contributed by atoms with Crippen LogP contribution in [-0.2, 0) is 11.3 Å². The third-order valence-electron chi connectivity index (χ3n) is 3.60. The Labute approximate surface area is 164 Å². The lowest BCUT2D eigenvalue weighted by Crippen LogP contribution is -2.34. The number of H-pyrrole nitrogens is 1. The fraction of sp³-hybridized carbons (Fsp3) is 0.278. The van der Waals surface area contributed by atoms with Crippen LogP contribution in [0.25, 0.3) is 11.5 Å². The minimum absolute atomic E-state index is 0.0148. The van der Waals surface area contributed by atoms with E-state index in [1.807, 2.05) is 44.2 Å². The summed E-state index contributed by atoms with van der Waals surface area (Å²) in [5, 5.41) is 10.7. The molecule has 0 aliphatic heterocycles. The number of aromatic amines is 1. The fourth-order valence-corrected chi connectivity index (χ4v) is 3.01. The lowest BCUT2D eigenvalue weighted by molar-refractivity contribution is -0.113. The Bertz CT molecular complexity index is 1070. The van der Waals surface area contributed by atoms with Gasteiger partial charge < -0.3 is 9.73 Å². The molecule has 1 amide bonds. The number of amides is 1. The zero-order chi connectivity index (χ0) is 20.1. The monoisotopic (exact) mass is 401 g/mol. The van der Waals surface area contributed by atoms with Gasteiger partial charge in [-0.25, -0.2) is 4.79 Å². The molecule has 2 N–H and O–H groups in total. The third-order valence-corrected chi connectivity index (χ3v) is 4.42. The van der Waals surface area contributed by atoms with Crippen LogP contribution in [0.1, 0.15) is 13.8 Å². The Morgan fingerprint density at radius 1 is 1.25 bits per heavy atom. The second-order valence-electron chi connectivity index (χ2n) is 6.40. The van der Waals surface area contributed by atoms with Crippen LogP contribution in [0, 0.1) is 5.92 Å². The van der Waals surface area contributed by atoms with Gasteiger partial charge in [-0.05, 0) is 18.1 Å². The molecule has 0 saturated carbocycles. The van der Waals surface area contributed by atoms with Gasteiger partial charge in [-0.1, -0.05) is 43.8 Å². The SMILES string of the molecule is CC(C)Cn1c(NC(=O)CSc2nnc(-c3ccccc3)o2)cc(=O)[nH]c1=O. The lowest BCUT2D eigenvalue weighted by Gasteiger charge is -2.14. The summed E-state index contributed by atoms with van der Waals surface area (Å²) in [6, 6.07) is 10.5. The van der Waals surface area contributed by atoms with Crippen molar-refractivity contribution in [3.63, 3.8) is 0 Å². The molecular formula is C18H19N5O4S. The van der Waals surface area contributed by atoms with Gasteiger partial charge in [-0.2, -0.15) is 0 Å². The topological polar surface area (TPSA) is 123 Å². The second-order valence-corrected chi connectivity index (χ2v) is 7.33. The second kappa shape index (κ2) is 8.70. The maximum atomic E-state index is 12.3. The highest BCUT2D eigenvalue weighted by atomic mass is 32.2. The molecule has 0 fully saturated rings. The Kier molecular flexibility index (Phi) is 6.09.